The molecule has 0 saturated heterocycles. The molecule has 19 heavy (non-hydrogen) atoms. The van der Waals surface area contributed by atoms with Crippen molar-refractivity contribution in [2.75, 3.05) is 27.3 Å². The Morgan fingerprint density at radius 2 is 2.00 bits per heavy atom. The molecule has 5 heteroatoms. The monoisotopic (exact) mass is 272 g/mol. The number of carbonyl (C=O) groups is 1. The van der Waals surface area contributed by atoms with Crippen LogP contribution in [0.1, 0.15) is 39.0 Å². The van der Waals surface area contributed by atoms with E-state index in [1.807, 2.05) is 14.0 Å². The second kappa shape index (κ2) is 9.28. The second-order valence-electron chi connectivity index (χ2n) is 5.18. The summed E-state index contributed by atoms with van der Waals surface area (Å²) < 4.78 is 10.8. The SMILES string of the molecule is CNC1CCC(OC(C)C(=O)NCCCOC)CC1. The Morgan fingerprint density at radius 1 is 1.32 bits per heavy atom. The molecule has 0 aliphatic heterocycles. The van der Waals surface area contributed by atoms with E-state index in [1.165, 1.54) is 0 Å². The van der Waals surface area contributed by atoms with Crippen molar-refractivity contribution in [3.8, 4) is 0 Å². The molecule has 1 fully saturated rings. The van der Waals surface area contributed by atoms with Crippen molar-refractivity contribution in [2.24, 2.45) is 0 Å². The van der Waals surface area contributed by atoms with Gasteiger partial charge in [0, 0.05) is 26.3 Å². The number of amides is 1. The molecule has 0 aromatic rings. The summed E-state index contributed by atoms with van der Waals surface area (Å²) in [6, 6.07) is 0.609. The molecule has 112 valence electrons. The fraction of sp³-hybridized carbons (Fsp3) is 0.929. The molecule has 1 amide bonds. The summed E-state index contributed by atoms with van der Waals surface area (Å²) in [4.78, 5) is 11.8. The zero-order chi connectivity index (χ0) is 14.1. The van der Waals surface area contributed by atoms with Gasteiger partial charge in [0.2, 0.25) is 5.91 Å². The molecule has 0 heterocycles. The van der Waals surface area contributed by atoms with Gasteiger partial charge in [0.15, 0.2) is 0 Å². The lowest BCUT2D eigenvalue weighted by Gasteiger charge is -2.30. The van der Waals surface area contributed by atoms with Crippen molar-refractivity contribution < 1.29 is 14.3 Å². The molecule has 1 saturated carbocycles. The average molecular weight is 272 g/mol. The lowest BCUT2D eigenvalue weighted by atomic mass is 9.93. The van der Waals surface area contributed by atoms with Crippen LogP contribution in [0.15, 0.2) is 0 Å². The molecule has 0 aromatic heterocycles. The Kier molecular flexibility index (Phi) is 8.02. The molecule has 1 unspecified atom stereocenters. The van der Waals surface area contributed by atoms with Gasteiger partial charge >= 0.3 is 0 Å². The summed E-state index contributed by atoms with van der Waals surface area (Å²) in [6.07, 6.45) is 5.03. The highest BCUT2D eigenvalue weighted by atomic mass is 16.5. The Morgan fingerprint density at radius 3 is 2.58 bits per heavy atom. The van der Waals surface area contributed by atoms with Crippen molar-refractivity contribution in [3.05, 3.63) is 0 Å². The van der Waals surface area contributed by atoms with Crippen molar-refractivity contribution in [2.45, 2.75) is 57.3 Å². The van der Waals surface area contributed by atoms with Crippen LogP contribution in [0.4, 0.5) is 0 Å². The van der Waals surface area contributed by atoms with E-state index in [9.17, 15) is 4.79 Å². The van der Waals surface area contributed by atoms with Gasteiger partial charge in [0.1, 0.15) is 6.10 Å². The largest absolute Gasteiger partial charge is 0.385 e. The van der Waals surface area contributed by atoms with Crippen LogP contribution in [-0.2, 0) is 14.3 Å². The van der Waals surface area contributed by atoms with Gasteiger partial charge in [-0.05, 0) is 46.1 Å². The summed E-state index contributed by atoms with van der Waals surface area (Å²) in [7, 11) is 3.66. The van der Waals surface area contributed by atoms with E-state index in [-0.39, 0.29) is 18.1 Å². The van der Waals surface area contributed by atoms with Crippen molar-refractivity contribution >= 4 is 5.91 Å². The Hall–Kier alpha value is -0.650. The van der Waals surface area contributed by atoms with Gasteiger partial charge in [-0.1, -0.05) is 0 Å². The summed E-state index contributed by atoms with van der Waals surface area (Å²) in [6.45, 7) is 3.15. The Bertz CT molecular complexity index is 253. The van der Waals surface area contributed by atoms with Crippen LogP contribution in [-0.4, -0.2) is 51.5 Å². The Labute approximate surface area is 116 Å². The van der Waals surface area contributed by atoms with Crippen molar-refractivity contribution in [3.63, 3.8) is 0 Å². The molecule has 0 aromatic carbocycles. The number of hydrogen-bond donors (Lipinski definition) is 2. The third kappa shape index (κ3) is 6.36. The van der Waals surface area contributed by atoms with Gasteiger partial charge in [-0.2, -0.15) is 0 Å². The minimum Gasteiger partial charge on any atom is -0.385 e. The van der Waals surface area contributed by atoms with E-state index in [0.717, 1.165) is 32.1 Å². The van der Waals surface area contributed by atoms with E-state index in [4.69, 9.17) is 9.47 Å². The van der Waals surface area contributed by atoms with E-state index < -0.39 is 0 Å². The van der Waals surface area contributed by atoms with Crippen LogP contribution in [0.25, 0.3) is 0 Å². The quantitative estimate of drug-likeness (QED) is 0.649. The van der Waals surface area contributed by atoms with Gasteiger partial charge in [0.05, 0.1) is 6.10 Å². The van der Waals surface area contributed by atoms with Gasteiger partial charge in [-0.25, -0.2) is 0 Å². The smallest absolute Gasteiger partial charge is 0.248 e. The molecule has 5 nitrogen and oxygen atoms in total. The third-order valence-electron chi connectivity index (χ3n) is 3.67. The fourth-order valence-corrected chi connectivity index (χ4v) is 2.41. The van der Waals surface area contributed by atoms with Gasteiger partial charge in [-0.15, -0.1) is 0 Å². The number of rotatable bonds is 8. The molecule has 0 spiro atoms. The summed E-state index contributed by atoms with van der Waals surface area (Å²) in [5.41, 5.74) is 0. The highest BCUT2D eigenvalue weighted by Crippen LogP contribution is 2.22. The van der Waals surface area contributed by atoms with E-state index in [2.05, 4.69) is 10.6 Å². The second-order valence-corrected chi connectivity index (χ2v) is 5.18. The number of hydrogen-bond acceptors (Lipinski definition) is 4. The minimum absolute atomic E-state index is 0.0214. The maximum atomic E-state index is 11.8. The predicted molar refractivity (Wildman–Crippen MR) is 75.2 cm³/mol. The molecular weight excluding hydrogens is 244 g/mol. The van der Waals surface area contributed by atoms with E-state index in [1.54, 1.807) is 7.11 Å². The highest BCUT2D eigenvalue weighted by molar-refractivity contribution is 5.80. The summed E-state index contributed by atoms with van der Waals surface area (Å²) >= 11 is 0. The number of nitrogens with one attached hydrogen (secondary N) is 2. The zero-order valence-electron chi connectivity index (χ0n) is 12.4. The molecule has 0 radical (unpaired) electrons. The van der Waals surface area contributed by atoms with E-state index >= 15 is 0 Å². The molecule has 2 N–H and O–H groups in total. The minimum atomic E-state index is -0.362. The molecular formula is C14H28N2O3. The highest BCUT2D eigenvalue weighted by Gasteiger charge is 2.24. The first kappa shape index (κ1) is 16.4. The first-order valence-electron chi connectivity index (χ1n) is 7.26. The number of ether oxygens (including phenoxy) is 2. The van der Waals surface area contributed by atoms with Crippen LogP contribution in [0.2, 0.25) is 0 Å². The maximum absolute atomic E-state index is 11.8. The molecule has 1 aliphatic rings. The third-order valence-corrected chi connectivity index (χ3v) is 3.67. The normalized spacial score (nSPS) is 25.0. The topological polar surface area (TPSA) is 59.6 Å². The summed E-state index contributed by atoms with van der Waals surface area (Å²) in [5, 5.41) is 6.16. The van der Waals surface area contributed by atoms with Crippen molar-refractivity contribution in [1.82, 2.24) is 10.6 Å². The molecule has 1 rings (SSSR count). The fourth-order valence-electron chi connectivity index (χ4n) is 2.41. The van der Waals surface area contributed by atoms with Crippen molar-refractivity contribution in [1.29, 1.82) is 0 Å². The van der Waals surface area contributed by atoms with Gasteiger partial charge < -0.3 is 20.1 Å². The maximum Gasteiger partial charge on any atom is 0.248 e. The van der Waals surface area contributed by atoms with Crippen LogP contribution in [0.3, 0.4) is 0 Å². The van der Waals surface area contributed by atoms with Crippen LogP contribution in [0.5, 0.6) is 0 Å². The number of carbonyl (C=O) groups excluding carboxylic acids is 1. The van der Waals surface area contributed by atoms with Gasteiger partial charge in [-0.3, -0.25) is 4.79 Å². The molecule has 0 bridgehead atoms. The summed E-state index contributed by atoms with van der Waals surface area (Å²) in [5.74, 6) is -0.0214. The Balaban J connectivity index is 2.15. The molecule has 1 aliphatic carbocycles. The first-order chi connectivity index (χ1) is 9.17. The van der Waals surface area contributed by atoms with Crippen LogP contribution < -0.4 is 10.6 Å². The van der Waals surface area contributed by atoms with E-state index in [0.29, 0.717) is 19.2 Å². The average Bonchev–Trinajstić information content (AvgIpc) is 2.44. The zero-order valence-corrected chi connectivity index (χ0v) is 12.4. The first-order valence-corrected chi connectivity index (χ1v) is 7.26. The van der Waals surface area contributed by atoms with Crippen LogP contribution >= 0.6 is 0 Å². The standard InChI is InChI=1S/C14H28N2O3/c1-11(14(17)16-9-4-10-18-3)19-13-7-5-12(15-2)6-8-13/h11-13,15H,4-10H2,1-3H3,(H,16,17). The van der Waals surface area contributed by atoms with Gasteiger partial charge in [0.25, 0.3) is 0 Å². The molecule has 1 atom stereocenters. The van der Waals surface area contributed by atoms with Crippen LogP contribution in [0, 0.1) is 0 Å². The predicted octanol–water partition coefficient (Wildman–Crippen LogP) is 1.07. The number of methoxy groups -OCH3 is 1. The lowest BCUT2D eigenvalue weighted by molar-refractivity contribution is -0.136. The lowest BCUT2D eigenvalue weighted by Crippen LogP contribution is -2.40.